The first-order valence-electron chi connectivity index (χ1n) is 7.45. The van der Waals surface area contributed by atoms with Gasteiger partial charge in [-0.2, -0.15) is 0 Å². The Labute approximate surface area is 143 Å². The van der Waals surface area contributed by atoms with Crippen LogP contribution in [-0.4, -0.2) is 25.1 Å². The fraction of sp³-hybridized carbons (Fsp3) is 0.222. The molecule has 7 heteroatoms. The van der Waals surface area contributed by atoms with Crippen LogP contribution in [-0.2, 0) is 20.9 Å². The molecule has 0 spiro atoms. The molecule has 0 radical (unpaired) electrons. The van der Waals surface area contributed by atoms with Crippen molar-refractivity contribution in [2.24, 2.45) is 0 Å². The van der Waals surface area contributed by atoms with Gasteiger partial charge in [-0.3, -0.25) is 4.79 Å². The number of esters is 1. The lowest BCUT2D eigenvalue weighted by atomic mass is 10.1. The summed E-state index contributed by atoms with van der Waals surface area (Å²) < 4.78 is 36.4. The molecule has 0 bridgehead atoms. The average Bonchev–Trinajstić information content (AvgIpc) is 2.58. The van der Waals surface area contributed by atoms with Crippen LogP contribution in [0.1, 0.15) is 22.8 Å². The number of carbonyl (C=O) groups is 2. The predicted molar refractivity (Wildman–Crippen MR) is 87.0 cm³/mol. The Hall–Kier alpha value is -2.80. The van der Waals surface area contributed by atoms with Gasteiger partial charge in [0.25, 0.3) is 5.91 Å². The first-order chi connectivity index (χ1) is 11.9. The Kier molecular flexibility index (Phi) is 6.19. The summed E-state index contributed by atoms with van der Waals surface area (Å²) in [6, 6.07) is 9.27. The highest BCUT2D eigenvalue weighted by Crippen LogP contribution is 2.16. The number of rotatable bonds is 6. The van der Waals surface area contributed by atoms with Crippen LogP contribution in [0.3, 0.4) is 0 Å². The van der Waals surface area contributed by atoms with Crippen molar-refractivity contribution in [1.29, 1.82) is 0 Å². The van der Waals surface area contributed by atoms with Crippen LogP contribution in [0, 0.1) is 11.6 Å². The monoisotopic (exact) mass is 349 g/mol. The molecule has 5 nitrogen and oxygen atoms in total. The molecule has 0 fully saturated rings. The summed E-state index contributed by atoms with van der Waals surface area (Å²) >= 11 is 0. The Morgan fingerprint density at radius 2 is 1.80 bits per heavy atom. The van der Waals surface area contributed by atoms with Gasteiger partial charge in [-0.15, -0.1) is 0 Å². The highest BCUT2D eigenvalue weighted by Gasteiger charge is 2.20. The SMILES string of the molecule is COCc1ccc(C(=O)OC(C)C(=O)Nc2ccc(F)cc2F)cc1. The fourth-order valence-corrected chi connectivity index (χ4v) is 2.01. The van der Waals surface area contributed by atoms with Crippen molar-refractivity contribution < 1.29 is 27.8 Å². The van der Waals surface area contributed by atoms with Crippen molar-refractivity contribution in [1.82, 2.24) is 0 Å². The maximum Gasteiger partial charge on any atom is 0.338 e. The molecule has 0 aromatic heterocycles. The molecule has 132 valence electrons. The van der Waals surface area contributed by atoms with E-state index in [1.54, 1.807) is 31.4 Å². The zero-order valence-electron chi connectivity index (χ0n) is 13.7. The molecule has 0 saturated carbocycles. The molecule has 1 amide bonds. The lowest BCUT2D eigenvalue weighted by Gasteiger charge is -2.14. The summed E-state index contributed by atoms with van der Waals surface area (Å²) in [6.45, 7) is 1.77. The van der Waals surface area contributed by atoms with Crippen LogP contribution < -0.4 is 5.32 Å². The van der Waals surface area contributed by atoms with Gasteiger partial charge in [0.2, 0.25) is 0 Å². The Balaban J connectivity index is 1.96. The molecular weight excluding hydrogens is 332 g/mol. The Morgan fingerprint density at radius 1 is 1.12 bits per heavy atom. The summed E-state index contributed by atoms with van der Waals surface area (Å²) in [6.07, 6.45) is -1.16. The topological polar surface area (TPSA) is 64.6 Å². The molecule has 1 atom stereocenters. The molecule has 2 aromatic rings. The van der Waals surface area contributed by atoms with E-state index in [9.17, 15) is 18.4 Å². The third-order valence-electron chi connectivity index (χ3n) is 3.34. The number of nitrogens with one attached hydrogen (secondary N) is 1. The maximum atomic E-state index is 13.5. The van der Waals surface area contributed by atoms with Crippen molar-refractivity contribution in [2.75, 3.05) is 12.4 Å². The number of amides is 1. The normalized spacial score (nSPS) is 11.7. The molecule has 0 saturated heterocycles. The van der Waals surface area contributed by atoms with Crippen LogP contribution in [0.25, 0.3) is 0 Å². The highest BCUT2D eigenvalue weighted by molar-refractivity contribution is 5.97. The minimum Gasteiger partial charge on any atom is -0.449 e. The molecule has 0 aliphatic heterocycles. The zero-order chi connectivity index (χ0) is 18.4. The number of hydrogen-bond acceptors (Lipinski definition) is 4. The third kappa shape index (κ3) is 5.09. The first-order valence-corrected chi connectivity index (χ1v) is 7.45. The quantitative estimate of drug-likeness (QED) is 0.813. The first kappa shape index (κ1) is 18.5. The lowest BCUT2D eigenvalue weighted by molar-refractivity contribution is -0.123. The van der Waals surface area contributed by atoms with Crippen LogP contribution in [0.2, 0.25) is 0 Å². The van der Waals surface area contributed by atoms with Gasteiger partial charge < -0.3 is 14.8 Å². The van der Waals surface area contributed by atoms with Gasteiger partial charge in [0, 0.05) is 13.2 Å². The van der Waals surface area contributed by atoms with Crippen molar-refractivity contribution in [3.8, 4) is 0 Å². The summed E-state index contributed by atoms with van der Waals surface area (Å²) in [5.41, 5.74) is 0.960. The van der Waals surface area contributed by atoms with Crippen LogP contribution in [0.5, 0.6) is 0 Å². The second-order valence-corrected chi connectivity index (χ2v) is 5.29. The Bertz CT molecular complexity index is 762. The van der Waals surface area contributed by atoms with Crippen LogP contribution in [0.15, 0.2) is 42.5 Å². The number of methoxy groups -OCH3 is 1. The zero-order valence-corrected chi connectivity index (χ0v) is 13.7. The van der Waals surface area contributed by atoms with Crippen molar-refractivity contribution >= 4 is 17.6 Å². The predicted octanol–water partition coefficient (Wildman–Crippen LogP) is 3.30. The van der Waals surface area contributed by atoms with Crippen molar-refractivity contribution in [3.05, 3.63) is 65.2 Å². The molecular formula is C18H17F2NO4. The van der Waals surface area contributed by atoms with E-state index in [1.807, 2.05) is 0 Å². The number of halogens is 2. The Morgan fingerprint density at radius 3 is 2.40 bits per heavy atom. The van der Waals surface area contributed by atoms with Crippen LogP contribution >= 0.6 is 0 Å². The molecule has 0 aliphatic carbocycles. The smallest absolute Gasteiger partial charge is 0.338 e. The van der Waals surface area contributed by atoms with Crippen molar-refractivity contribution in [2.45, 2.75) is 19.6 Å². The van der Waals surface area contributed by atoms with E-state index in [-0.39, 0.29) is 11.3 Å². The summed E-state index contributed by atoms with van der Waals surface area (Å²) in [4.78, 5) is 24.0. The standard InChI is InChI=1S/C18H17F2NO4/c1-11(17(22)21-16-8-7-14(19)9-15(16)20)25-18(23)13-5-3-12(4-6-13)10-24-2/h3-9,11H,10H2,1-2H3,(H,21,22). The summed E-state index contributed by atoms with van der Waals surface area (Å²) in [7, 11) is 1.56. The second-order valence-electron chi connectivity index (χ2n) is 5.29. The summed E-state index contributed by atoms with van der Waals surface area (Å²) in [5.74, 6) is -3.09. The lowest BCUT2D eigenvalue weighted by Crippen LogP contribution is -2.30. The largest absolute Gasteiger partial charge is 0.449 e. The van der Waals surface area contributed by atoms with E-state index in [0.717, 1.165) is 17.7 Å². The second kappa shape index (κ2) is 8.34. The fourth-order valence-electron chi connectivity index (χ4n) is 2.01. The third-order valence-corrected chi connectivity index (χ3v) is 3.34. The maximum absolute atomic E-state index is 13.5. The molecule has 1 unspecified atom stereocenters. The number of anilines is 1. The molecule has 0 aliphatic rings. The number of carbonyl (C=O) groups excluding carboxylic acids is 2. The highest BCUT2D eigenvalue weighted by atomic mass is 19.1. The van der Waals surface area contributed by atoms with Gasteiger partial charge in [-0.25, -0.2) is 13.6 Å². The van der Waals surface area contributed by atoms with Crippen molar-refractivity contribution in [3.63, 3.8) is 0 Å². The molecule has 1 N–H and O–H groups in total. The summed E-state index contributed by atoms with van der Waals surface area (Å²) in [5, 5.41) is 2.25. The van der Waals surface area contributed by atoms with Gasteiger partial charge in [0.1, 0.15) is 11.6 Å². The van der Waals surface area contributed by atoms with E-state index in [0.29, 0.717) is 12.7 Å². The number of hydrogen-bond donors (Lipinski definition) is 1. The van der Waals surface area contributed by atoms with E-state index in [2.05, 4.69) is 5.32 Å². The number of ether oxygens (including phenoxy) is 2. The van der Waals surface area contributed by atoms with E-state index >= 15 is 0 Å². The molecule has 0 heterocycles. The van der Waals surface area contributed by atoms with Gasteiger partial charge in [-0.05, 0) is 36.8 Å². The van der Waals surface area contributed by atoms with E-state index in [1.165, 1.54) is 6.92 Å². The minimum absolute atomic E-state index is 0.196. The molecule has 25 heavy (non-hydrogen) atoms. The van der Waals surface area contributed by atoms with Crippen LogP contribution in [0.4, 0.5) is 14.5 Å². The van der Waals surface area contributed by atoms with E-state index in [4.69, 9.17) is 9.47 Å². The van der Waals surface area contributed by atoms with Gasteiger partial charge in [-0.1, -0.05) is 12.1 Å². The minimum atomic E-state index is -1.16. The van der Waals surface area contributed by atoms with Gasteiger partial charge in [0.15, 0.2) is 6.10 Å². The van der Waals surface area contributed by atoms with E-state index < -0.39 is 29.6 Å². The molecule has 2 rings (SSSR count). The number of benzene rings is 2. The average molecular weight is 349 g/mol. The molecule has 2 aromatic carbocycles. The van der Waals surface area contributed by atoms with Gasteiger partial charge >= 0.3 is 5.97 Å². The van der Waals surface area contributed by atoms with Gasteiger partial charge in [0.05, 0.1) is 17.9 Å².